The molecule has 3 rings (SSSR count). The van der Waals surface area contributed by atoms with Gasteiger partial charge < -0.3 is 9.72 Å². The molecule has 4 heteroatoms. The minimum atomic E-state index is 0.574. The third-order valence-electron chi connectivity index (χ3n) is 3.00. The van der Waals surface area contributed by atoms with Crippen LogP contribution in [0, 0.1) is 0 Å². The summed E-state index contributed by atoms with van der Waals surface area (Å²) in [6, 6.07) is 6.23. The van der Waals surface area contributed by atoms with Gasteiger partial charge in [-0.3, -0.25) is 0 Å². The number of aromatic nitrogens is 1. The molecule has 1 aliphatic rings. The minimum absolute atomic E-state index is 0.574. The molecule has 0 atom stereocenters. The first-order valence-corrected chi connectivity index (χ1v) is 7.86. The van der Waals surface area contributed by atoms with Crippen LogP contribution in [0.1, 0.15) is 16.6 Å². The van der Waals surface area contributed by atoms with Crippen molar-refractivity contribution in [3.05, 3.63) is 30.0 Å². The highest BCUT2D eigenvalue weighted by Gasteiger charge is 2.19. The highest BCUT2D eigenvalue weighted by molar-refractivity contribution is 8.16. The standard InChI is InChI=1S/C13H15NOS2/c1-15-9-3-4-12-10(7-9)11(8-14-12)13-16-5-2-6-17-13/h3-4,7-8,13-14H,2,5-6H2,1H3. The fourth-order valence-electron chi connectivity index (χ4n) is 2.11. The molecule has 0 aliphatic carbocycles. The van der Waals surface area contributed by atoms with E-state index in [9.17, 15) is 0 Å². The fourth-order valence-corrected chi connectivity index (χ4v) is 5.05. The Kier molecular flexibility index (Phi) is 3.25. The number of hydrogen-bond acceptors (Lipinski definition) is 3. The molecule has 0 saturated carbocycles. The number of methoxy groups -OCH3 is 1. The van der Waals surface area contributed by atoms with E-state index < -0.39 is 0 Å². The molecule has 2 aromatic rings. The molecule has 0 unspecified atom stereocenters. The first-order chi connectivity index (χ1) is 8.38. The van der Waals surface area contributed by atoms with Gasteiger partial charge in [-0.25, -0.2) is 0 Å². The number of fused-ring (bicyclic) bond motifs is 1. The topological polar surface area (TPSA) is 25.0 Å². The van der Waals surface area contributed by atoms with E-state index in [1.54, 1.807) is 7.11 Å². The Morgan fingerprint density at radius 3 is 2.88 bits per heavy atom. The summed E-state index contributed by atoms with van der Waals surface area (Å²) in [5.74, 6) is 3.48. The Labute approximate surface area is 110 Å². The van der Waals surface area contributed by atoms with Gasteiger partial charge in [0.15, 0.2) is 0 Å². The van der Waals surface area contributed by atoms with Crippen LogP contribution in [0.3, 0.4) is 0 Å². The van der Waals surface area contributed by atoms with Gasteiger partial charge in [-0.05, 0) is 36.1 Å². The Hall–Kier alpha value is -0.740. The number of rotatable bonds is 2. The first-order valence-electron chi connectivity index (χ1n) is 5.77. The van der Waals surface area contributed by atoms with E-state index in [0.29, 0.717) is 4.58 Å². The van der Waals surface area contributed by atoms with E-state index in [-0.39, 0.29) is 0 Å². The summed E-state index contributed by atoms with van der Waals surface area (Å²) in [6.45, 7) is 0. The number of aromatic amines is 1. The lowest BCUT2D eigenvalue weighted by molar-refractivity contribution is 0.415. The number of H-pyrrole nitrogens is 1. The molecule has 1 aromatic carbocycles. The molecule has 1 N–H and O–H groups in total. The van der Waals surface area contributed by atoms with Crippen LogP contribution in [0.4, 0.5) is 0 Å². The smallest absolute Gasteiger partial charge is 0.119 e. The second-order valence-corrected chi connectivity index (χ2v) is 6.81. The fraction of sp³-hybridized carbons (Fsp3) is 0.385. The molecule has 1 saturated heterocycles. The second-order valence-electron chi connectivity index (χ2n) is 4.08. The van der Waals surface area contributed by atoms with Crippen molar-refractivity contribution in [2.24, 2.45) is 0 Å². The molecule has 1 aromatic heterocycles. The molecule has 17 heavy (non-hydrogen) atoms. The van der Waals surface area contributed by atoms with Crippen molar-refractivity contribution in [2.45, 2.75) is 11.0 Å². The Morgan fingerprint density at radius 2 is 2.12 bits per heavy atom. The van der Waals surface area contributed by atoms with Gasteiger partial charge in [0.05, 0.1) is 11.7 Å². The lowest BCUT2D eigenvalue weighted by Crippen LogP contribution is -1.99. The second kappa shape index (κ2) is 4.86. The molecule has 2 nitrogen and oxygen atoms in total. The maximum atomic E-state index is 5.31. The summed E-state index contributed by atoms with van der Waals surface area (Å²) in [7, 11) is 1.72. The monoisotopic (exact) mass is 265 g/mol. The summed E-state index contributed by atoms with van der Waals surface area (Å²) in [6.07, 6.45) is 3.48. The van der Waals surface area contributed by atoms with Crippen molar-refractivity contribution < 1.29 is 4.74 Å². The van der Waals surface area contributed by atoms with Crippen molar-refractivity contribution in [1.29, 1.82) is 0 Å². The van der Waals surface area contributed by atoms with E-state index in [2.05, 4.69) is 46.8 Å². The zero-order valence-corrected chi connectivity index (χ0v) is 11.4. The van der Waals surface area contributed by atoms with Crippen LogP contribution in [0.2, 0.25) is 0 Å². The van der Waals surface area contributed by atoms with E-state index in [1.165, 1.54) is 34.4 Å². The predicted octanol–water partition coefficient (Wildman–Crippen LogP) is 4.05. The number of hydrogen-bond donors (Lipinski definition) is 1. The number of ether oxygens (including phenoxy) is 1. The van der Waals surface area contributed by atoms with Gasteiger partial charge in [-0.1, -0.05) is 0 Å². The SMILES string of the molecule is COc1ccc2[nH]cc(C3SCCCS3)c2c1. The molecule has 0 amide bonds. The van der Waals surface area contributed by atoms with Gasteiger partial charge in [-0.2, -0.15) is 0 Å². The minimum Gasteiger partial charge on any atom is -0.497 e. The summed E-state index contributed by atoms with van der Waals surface area (Å²) < 4.78 is 5.88. The maximum Gasteiger partial charge on any atom is 0.119 e. The van der Waals surface area contributed by atoms with Gasteiger partial charge in [-0.15, -0.1) is 23.5 Å². The van der Waals surface area contributed by atoms with Crippen molar-refractivity contribution in [1.82, 2.24) is 4.98 Å². The molecular weight excluding hydrogens is 250 g/mol. The zero-order valence-electron chi connectivity index (χ0n) is 9.73. The van der Waals surface area contributed by atoms with Crippen molar-refractivity contribution in [3.63, 3.8) is 0 Å². The van der Waals surface area contributed by atoms with Gasteiger partial charge in [0.2, 0.25) is 0 Å². The average Bonchev–Trinajstić information content (AvgIpc) is 2.82. The Bertz CT molecular complexity index is 517. The highest BCUT2D eigenvalue weighted by Crippen LogP contribution is 2.46. The van der Waals surface area contributed by atoms with Gasteiger partial charge in [0, 0.05) is 22.7 Å². The number of thioether (sulfide) groups is 2. The number of benzene rings is 1. The lowest BCUT2D eigenvalue weighted by Gasteiger charge is -2.20. The van der Waals surface area contributed by atoms with Crippen LogP contribution in [0.15, 0.2) is 24.4 Å². The summed E-state index contributed by atoms with van der Waals surface area (Å²) >= 11 is 4.10. The Balaban J connectivity index is 2.02. The van der Waals surface area contributed by atoms with Crippen LogP contribution in [0.5, 0.6) is 5.75 Å². The maximum absolute atomic E-state index is 5.31. The average molecular weight is 265 g/mol. The van der Waals surface area contributed by atoms with Crippen LogP contribution in [-0.4, -0.2) is 23.6 Å². The van der Waals surface area contributed by atoms with E-state index >= 15 is 0 Å². The summed E-state index contributed by atoms with van der Waals surface area (Å²) in [5, 5.41) is 1.30. The molecule has 0 radical (unpaired) electrons. The van der Waals surface area contributed by atoms with Crippen molar-refractivity contribution in [2.75, 3.05) is 18.6 Å². The van der Waals surface area contributed by atoms with Crippen LogP contribution < -0.4 is 4.74 Å². The lowest BCUT2D eigenvalue weighted by atomic mass is 10.2. The van der Waals surface area contributed by atoms with Gasteiger partial charge in [0.25, 0.3) is 0 Å². The molecule has 0 spiro atoms. The molecule has 90 valence electrons. The predicted molar refractivity (Wildman–Crippen MR) is 77.1 cm³/mol. The van der Waals surface area contributed by atoms with Crippen LogP contribution in [0.25, 0.3) is 10.9 Å². The highest BCUT2D eigenvalue weighted by atomic mass is 32.2. The quantitative estimate of drug-likeness (QED) is 0.887. The Morgan fingerprint density at radius 1 is 1.29 bits per heavy atom. The largest absolute Gasteiger partial charge is 0.497 e. The van der Waals surface area contributed by atoms with E-state index in [4.69, 9.17) is 4.74 Å². The summed E-state index contributed by atoms with van der Waals surface area (Å²) in [4.78, 5) is 3.35. The van der Waals surface area contributed by atoms with Crippen LogP contribution >= 0.6 is 23.5 Å². The van der Waals surface area contributed by atoms with Crippen molar-refractivity contribution >= 4 is 34.4 Å². The third kappa shape index (κ3) is 2.16. The molecule has 0 bridgehead atoms. The zero-order chi connectivity index (χ0) is 11.7. The number of nitrogens with one attached hydrogen (secondary N) is 1. The molecule has 1 fully saturated rings. The normalized spacial score (nSPS) is 17.5. The summed E-state index contributed by atoms with van der Waals surface area (Å²) in [5.41, 5.74) is 2.61. The van der Waals surface area contributed by atoms with Gasteiger partial charge in [0.1, 0.15) is 5.75 Å². The molecule has 2 heterocycles. The molecule has 1 aliphatic heterocycles. The third-order valence-corrected chi connectivity index (χ3v) is 5.98. The first kappa shape index (κ1) is 11.4. The van der Waals surface area contributed by atoms with Crippen molar-refractivity contribution in [3.8, 4) is 5.75 Å². The van der Waals surface area contributed by atoms with Crippen LogP contribution in [-0.2, 0) is 0 Å². The van der Waals surface area contributed by atoms with Gasteiger partial charge >= 0.3 is 0 Å². The van der Waals surface area contributed by atoms with E-state index in [1.807, 2.05) is 6.07 Å². The molecular formula is C13H15NOS2. The van der Waals surface area contributed by atoms with E-state index in [0.717, 1.165) is 5.75 Å².